The molecule has 19 heavy (non-hydrogen) atoms. The third-order valence-corrected chi connectivity index (χ3v) is 3.04. The van der Waals surface area contributed by atoms with Crippen molar-refractivity contribution in [3.8, 4) is 0 Å². The fourth-order valence-corrected chi connectivity index (χ4v) is 1.85. The Kier molecular flexibility index (Phi) is 4.18. The minimum absolute atomic E-state index is 0.0188. The zero-order valence-corrected chi connectivity index (χ0v) is 11.0. The second-order valence-corrected chi connectivity index (χ2v) is 4.61. The van der Waals surface area contributed by atoms with E-state index in [1.165, 1.54) is 0 Å². The van der Waals surface area contributed by atoms with Crippen molar-refractivity contribution in [3.63, 3.8) is 0 Å². The predicted molar refractivity (Wildman–Crippen MR) is 79.0 cm³/mol. The van der Waals surface area contributed by atoms with Crippen molar-refractivity contribution in [1.29, 1.82) is 0 Å². The van der Waals surface area contributed by atoms with Crippen LogP contribution in [0.5, 0.6) is 0 Å². The molecule has 2 aromatic carbocycles. The van der Waals surface area contributed by atoms with E-state index in [-0.39, 0.29) is 5.91 Å². The van der Waals surface area contributed by atoms with Gasteiger partial charge in [-0.3, -0.25) is 4.79 Å². The molecule has 0 heterocycles. The minimum Gasteiger partial charge on any atom is -0.399 e. The highest BCUT2D eigenvalue weighted by molar-refractivity contribution is 5.90. The van der Waals surface area contributed by atoms with Crippen molar-refractivity contribution in [1.82, 2.24) is 0 Å². The molecule has 98 valence electrons. The van der Waals surface area contributed by atoms with Crippen LogP contribution in [0.4, 0.5) is 11.4 Å². The van der Waals surface area contributed by atoms with Crippen molar-refractivity contribution in [3.05, 3.63) is 59.7 Å². The Labute approximate surface area is 113 Å². The summed E-state index contributed by atoms with van der Waals surface area (Å²) in [6.07, 6.45) is 1.15. The minimum atomic E-state index is 0.0188. The van der Waals surface area contributed by atoms with E-state index < -0.39 is 0 Å². The molecule has 0 aliphatic carbocycles. The normalized spacial score (nSPS) is 10.2. The number of hydrogen-bond acceptors (Lipinski definition) is 2. The summed E-state index contributed by atoms with van der Waals surface area (Å²) in [5, 5.41) is 2.87. The lowest BCUT2D eigenvalue weighted by Gasteiger charge is -2.06. The van der Waals surface area contributed by atoms with E-state index in [2.05, 4.69) is 5.32 Å². The van der Waals surface area contributed by atoms with Gasteiger partial charge >= 0.3 is 0 Å². The summed E-state index contributed by atoms with van der Waals surface area (Å²) in [5.74, 6) is 0.0188. The van der Waals surface area contributed by atoms with Gasteiger partial charge < -0.3 is 11.1 Å². The Hall–Kier alpha value is -2.29. The predicted octanol–water partition coefficient (Wildman–Crippen LogP) is 3.15. The van der Waals surface area contributed by atoms with Gasteiger partial charge in [0.15, 0.2) is 0 Å². The van der Waals surface area contributed by atoms with Crippen LogP contribution in [0.3, 0.4) is 0 Å². The standard InChI is InChI=1S/C16H18N2O/c1-12-7-8-13(11-15(12)17)9-10-16(19)18-14-5-3-2-4-6-14/h2-8,11H,9-10,17H2,1H3,(H,18,19). The maximum absolute atomic E-state index is 11.8. The second-order valence-electron chi connectivity index (χ2n) is 4.61. The van der Waals surface area contributed by atoms with E-state index in [0.29, 0.717) is 12.8 Å². The molecule has 1 amide bonds. The van der Waals surface area contributed by atoms with Crippen molar-refractivity contribution >= 4 is 17.3 Å². The lowest BCUT2D eigenvalue weighted by Crippen LogP contribution is -2.12. The van der Waals surface area contributed by atoms with E-state index >= 15 is 0 Å². The molecule has 0 atom stereocenters. The number of anilines is 2. The summed E-state index contributed by atoms with van der Waals surface area (Å²) >= 11 is 0. The zero-order valence-electron chi connectivity index (χ0n) is 11.0. The summed E-state index contributed by atoms with van der Waals surface area (Å²) in [7, 11) is 0. The summed E-state index contributed by atoms with van der Waals surface area (Å²) < 4.78 is 0. The molecule has 2 aromatic rings. The van der Waals surface area contributed by atoms with E-state index in [1.807, 2.05) is 55.5 Å². The van der Waals surface area contributed by atoms with Gasteiger partial charge in [-0.2, -0.15) is 0 Å². The lowest BCUT2D eigenvalue weighted by atomic mass is 10.1. The first-order valence-electron chi connectivity index (χ1n) is 6.35. The average Bonchev–Trinajstić information content (AvgIpc) is 2.41. The fourth-order valence-electron chi connectivity index (χ4n) is 1.85. The second kappa shape index (κ2) is 6.05. The first-order valence-corrected chi connectivity index (χ1v) is 6.35. The monoisotopic (exact) mass is 254 g/mol. The summed E-state index contributed by atoms with van der Waals surface area (Å²) in [4.78, 5) is 11.8. The number of nitrogens with one attached hydrogen (secondary N) is 1. The molecule has 0 unspecified atom stereocenters. The van der Waals surface area contributed by atoms with Gasteiger partial charge in [-0.1, -0.05) is 30.3 Å². The maximum Gasteiger partial charge on any atom is 0.224 e. The number of carbonyl (C=O) groups is 1. The van der Waals surface area contributed by atoms with Gasteiger partial charge in [-0.25, -0.2) is 0 Å². The molecule has 0 aromatic heterocycles. The first kappa shape index (κ1) is 13.1. The largest absolute Gasteiger partial charge is 0.399 e. The summed E-state index contributed by atoms with van der Waals surface area (Å²) in [5.41, 5.74) is 9.61. The van der Waals surface area contributed by atoms with E-state index in [9.17, 15) is 4.79 Å². The number of amides is 1. The molecule has 0 aliphatic heterocycles. The Morgan fingerprint density at radius 3 is 2.58 bits per heavy atom. The van der Waals surface area contributed by atoms with Gasteiger partial charge in [0.2, 0.25) is 5.91 Å². The molecule has 0 bridgehead atoms. The number of nitrogen functional groups attached to an aromatic ring is 1. The summed E-state index contributed by atoms with van der Waals surface area (Å²) in [6.45, 7) is 1.97. The third kappa shape index (κ3) is 3.85. The zero-order chi connectivity index (χ0) is 13.7. The molecule has 0 aliphatic rings. The van der Waals surface area contributed by atoms with Crippen LogP contribution < -0.4 is 11.1 Å². The van der Waals surface area contributed by atoms with Crippen LogP contribution >= 0.6 is 0 Å². The average molecular weight is 254 g/mol. The van der Waals surface area contributed by atoms with Gasteiger partial charge in [0.25, 0.3) is 0 Å². The van der Waals surface area contributed by atoms with Gasteiger partial charge in [-0.15, -0.1) is 0 Å². The Bertz CT molecular complexity index is 564. The Morgan fingerprint density at radius 2 is 1.89 bits per heavy atom. The molecule has 0 saturated carbocycles. The van der Waals surface area contributed by atoms with E-state index in [0.717, 1.165) is 22.5 Å². The molecular weight excluding hydrogens is 236 g/mol. The SMILES string of the molecule is Cc1ccc(CCC(=O)Nc2ccccc2)cc1N. The van der Waals surface area contributed by atoms with Crippen LogP contribution in [-0.2, 0) is 11.2 Å². The molecule has 0 spiro atoms. The van der Waals surface area contributed by atoms with E-state index in [4.69, 9.17) is 5.73 Å². The Balaban J connectivity index is 1.88. The number of para-hydroxylation sites is 1. The number of aryl methyl sites for hydroxylation is 2. The van der Waals surface area contributed by atoms with Gasteiger partial charge in [0, 0.05) is 17.8 Å². The van der Waals surface area contributed by atoms with Crippen LogP contribution in [-0.4, -0.2) is 5.91 Å². The lowest BCUT2D eigenvalue weighted by molar-refractivity contribution is -0.116. The molecule has 0 fully saturated rings. The smallest absolute Gasteiger partial charge is 0.224 e. The highest BCUT2D eigenvalue weighted by atomic mass is 16.1. The number of carbonyl (C=O) groups excluding carboxylic acids is 1. The van der Waals surface area contributed by atoms with Crippen molar-refractivity contribution in [2.75, 3.05) is 11.1 Å². The molecule has 3 N–H and O–H groups in total. The van der Waals surface area contributed by atoms with Crippen molar-refractivity contribution < 1.29 is 4.79 Å². The van der Waals surface area contributed by atoms with Crippen LogP contribution in [0.15, 0.2) is 48.5 Å². The number of benzene rings is 2. The maximum atomic E-state index is 11.8. The van der Waals surface area contributed by atoms with Gasteiger partial charge in [0.05, 0.1) is 0 Å². The molecule has 3 heteroatoms. The van der Waals surface area contributed by atoms with Crippen LogP contribution in [0.2, 0.25) is 0 Å². The molecular formula is C16H18N2O. The third-order valence-electron chi connectivity index (χ3n) is 3.04. The van der Waals surface area contributed by atoms with Crippen molar-refractivity contribution in [2.45, 2.75) is 19.8 Å². The van der Waals surface area contributed by atoms with Gasteiger partial charge in [-0.05, 0) is 42.7 Å². The van der Waals surface area contributed by atoms with Crippen molar-refractivity contribution in [2.24, 2.45) is 0 Å². The molecule has 0 radical (unpaired) electrons. The highest BCUT2D eigenvalue weighted by Crippen LogP contribution is 2.14. The fraction of sp³-hybridized carbons (Fsp3) is 0.188. The summed E-state index contributed by atoms with van der Waals surface area (Å²) in [6, 6.07) is 15.4. The topological polar surface area (TPSA) is 55.1 Å². The first-order chi connectivity index (χ1) is 9.15. The molecule has 0 saturated heterocycles. The molecule has 3 nitrogen and oxygen atoms in total. The highest BCUT2D eigenvalue weighted by Gasteiger charge is 2.04. The molecule has 2 rings (SSSR count). The Morgan fingerprint density at radius 1 is 1.16 bits per heavy atom. The quantitative estimate of drug-likeness (QED) is 0.823. The van der Waals surface area contributed by atoms with Crippen LogP contribution in [0.25, 0.3) is 0 Å². The number of hydrogen-bond donors (Lipinski definition) is 2. The van der Waals surface area contributed by atoms with Crippen LogP contribution in [0, 0.1) is 6.92 Å². The number of nitrogens with two attached hydrogens (primary N) is 1. The van der Waals surface area contributed by atoms with Gasteiger partial charge in [0.1, 0.15) is 0 Å². The van der Waals surface area contributed by atoms with E-state index in [1.54, 1.807) is 0 Å². The van der Waals surface area contributed by atoms with Crippen LogP contribution in [0.1, 0.15) is 17.5 Å². The number of rotatable bonds is 4.